The molecule has 0 unspecified atom stereocenters. The van der Waals surface area contributed by atoms with Gasteiger partial charge in [-0.15, -0.1) is 0 Å². The second kappa shape index (κ2) is 7.25. The van der Waals surface area contributed by atoms with Crippen molar-refractivity contribution in [3.63, 3.8) is 0 Å². The molecule has 0 aliphatic rings. The summed E-state index contributed by atoms with van der Waals surface area (Å²) in [6.07, 6.45) is 4.07. The zero-order chi connectivity index (χ0) is 16.9. The van der Waals surface area contributed by atoms with Crippen LogP contribution in [-0.4, -0.2) is 31.5 Å². The van der Waals surface area contributed by atoms with E-state index in [0.29, 0.717) is 5.56 Å². The van der Waals surface area contributed by atoms with Gasteiger partial charge in [-0.3, -0.25) is 0 Å². The minimum absolute atomic E-state index is 0.0537. The van der Waals surface area contributed by atoms with Gasteiger partial charge in [0.15, 0.2) is 0 Å². The Kier molecular flexibility index (Phi) is 5.35. The van der Waals surface area contributed by atoms with Crippen molar-refractivity contribution in [1.29, 1.82) is 0 Å². The summed E-state index contributed by atoms with van der Waals surface area (Å²) in [5, 5.41) is 0. The Hall–Kier alpha value is -2.39. The molecule has 2 aromatic rings. The SMILES string of the molecule is COC(=O)c1ccc(CNS(=O)(=O)Cc2cncnc2)c(F)c1. The number of carbonyl (C=O) groups is 1. The zero-order valence-electron chi connectivity index (χ0n) is 12.2. The van der Waals surface area contributed by atoms with Crippen LogP contribution in [0.25, 0.3) is 0 Å². The first-order chi connectivity index (χ1) is 10.9. The summed E-state index contributed by atoms with van der Waals surface area (Å²) in [6.45, 7) is -0.233. The number of carbonyl (C=O) groups excluding carboxylic acids is 1. The van der Waals surface area contributed by atoms with Gasteiger partial charge in [-0.2, -0.15) is 0 Å². The summed E-state index contributed by atoms with van der Waals surface area (Å²) in [7, 11) is -2.48. The lowest BCUT2D eigenvalue weighted by Gasteiger charge is -2.08. The summed E-state index contributed by atoms with van der Waals surface area (Å²) in [4.78, 5) is 18.7. The Bertz CT molecular complexity index is 797. The number of rotatable bonds is 6. The number of esters is 1. The molecule has 0 radical (unpaired) electrons. The van der Waals surface area contributed by atoms with Crippen molar-refractivity contribution in [2.45, 2.75) is 12.3 Å². The van der Waals surface area contributed by atoms with E-state index in [1.54, 1.807) is 0 Å². The Labute approximate surface area is 132 Å². The molecule has 0 saturated carbocycles. The maximum atomic E-state index is 13.9. The van der Waals surface area contributed by atoms with E-state index in [4.69, 9.17) is 0 Å². The fourth-order valence-corrected chi connectivity index (χ4v) is 2.86. The van der Waals surface area contributed by atoms with Crippen molar-refractivity contribution in [3.8, 4) is 0 Å². The Morgan fingerprint density at radius 1 is 1.30 bits per heavy atom. The molecule has 0 spiro atoms. The van der Waals surface area contributed by atoms with Crippen molar-refractivity contribution in [2.75, 3.05) is 7.11 Å². The lowest BCUT2D eigenvalue weighted by molar-refractivity contribution is 0.0600. The van der Waals surface area contributed by atoms with Gasteiger partial charge in [0.25, 0.3) is 0 Å². The van der Waals surface area contributed by atoms with Crippen LogP contribution in [0.3, 0.4) is 0 Å². The number of benzene rings is 1. The number of hydrogen-bond acceptors (Lipinski definition) is 6. The highest BCUT2D eigenvalue weighted by Gasteiger charge is 2.14. The van der Waals surface area contributed by atoms with Crippen LogP contribution in [0.4, 0.5) is 4.39 Å². The van der Waals surface area contributed by atoms with Crippen LogP contribution in [0.2, 0.25) is 0 Å². The van der Waals surface area contributed by atoms with Gasteiger partial charge in [0.1, 0.15) is 12.1 Å². The van der Waals surface area contributed by atoms with Crippen LogP contribution in [0, 0.1) is 5.82 Å². The van der Waals surface area contributed by atoms with Gasteiger partial charge >= 0.3 is 5.97 Å². The number of ether oxygens (including phenoxy) is 1. The van der Waals surface area contributed by atoms with Crippen LogP contribution in [0.15, 0.2) is 36.9 Å². The van der Waals surface area contributed by atoms with Crippen molar-refractivity contribution in [1.82, 2.24) is 14.7 Å². The fourth-order valence-electron chi connectivity index (χ4n) is 1.80. The standard InChI is InChI=1S/C14H14FN3O4S/c1-22-14(19)11-2-3-12(13(15)4-11)7-18-23(20,21)8-10-5-16-9-17-6-10/h2-6,9,18H,7-8H2,1H3. The highest BCUT2D eigenvalue weighted by Crippen LogP contribution is 2.12. The van der Waals surface area contributed by atoms with Crippen LogP contribution in [-0.2, 0) is 27.1 Å². The maximum absolute atomic E-state index is 13.9. The fraction of sp³-hybridized carbons (Fsp3) is 0.214. The lowest BCUT2D eigenvalue weighted by atomic mass is 10.1. The van der Waals surface area contributed by atoms with E-state index in [1.807, 2.05) is 0 Å². The molecule has 0 fully saturated rings. The predicted octanol–water partition coefficient (Wildman–Crippen LogP) is 1.02. The van der Waals surface area contributed by atoms with Crippen LogP contribution >= 0.6 is 0 Å². The van der Waals surface area contributed by atoms with Crippen molar-refractivity contribution >= 4 is 16.0 Å². The van der Waals surface area contributed by atoms with Crippen LogP contribution < -0.4 is 4.72 Å². The Morgan fingerprint density at radius 3 is 2.61 bits per heavy atom. The zero-order valence-corrected chi connectivity index (χ0v) is 13.0. The predicted molar refractivity (Wildman–Crippen MR) is 79.2 cm³/mol. The number of hydrogen-bond donors (Lipinski definition) is 1. The highest BCUT2D eigenvalue weighted by molar-refractivity contribution is 7.88. The topological polar surface area (TPSA) is 98.2 Å². The Morgan fingerprint density at radius 2 is 2.00 bits per heavy atom. The molecule has 2 rings (SSSR count). The second-order valence-electron chi connectivity index (χ2n) is 4.62. The van der Waals surface area contributed by atoms with E-state index in [-0.39, 0.29) is 23.4 Å². The molecule has 0 bridgehead atoms. The number of sulfonamides is 1. The molecule has 1 N–H and O–H groups in total. The maximum Gasteiger partial charge on any atom is 0.337 e. The largest absolute Gasteiger partial charge is 0.465 e. The second-order valence-corrected chi connectivity index (χ2v) is 6.43. The molecule has 0 atom stereocenters. The van der Waals surface area contributed by atoms with E-state index in [2.05, 4.69) is 19.4 Å². The third-order valence-electron chi connectivity index (χ3n) is 2.93. The molecule has 7 nitrogen and oxygen atoms in total. The molecular weight excluding hydrogens is 325 g/mol. The first kappa shape index (κ1) is 17.0. The van der Waals surface area contributed by atoms with Crippen molar-refractivity contribution in [2.24, 2.45) is 0 Å². The van der Waals surface area contributed by atoms with Crippen molar-refractivity contribution < 1.29 is 22.3 Å². The normalized spacial score (nSPS) is 11.2. The van der Waals surface area contributed by atoms with Gasteiger partial charge in [0.2, 0.25) is 10.0 Å². The lowest BCUT2D eigenvalue weighted by Crippen LogP contribution is -2.25. The van der Waals surface area contributed by atoms with E-state index in [0.717, 1.165) is 6.07 Å². The van der Waals surface area contributed by atoms with E-state index in [1.165, 1.54) is 38.0 Å². The minimum Gasteiger partial charge on any atom is -0.465 e. The van der Waals surface area contributed by atoms with Gasteiger partial charge in [-0.25, -0.2) is 32.3 Å². The molecule has 0 saturated heterocycles. The third-order valence-corrected chi connectivity index (χ3v) is 4.22. The summed E-state index contributed by atoms with van der Waals surface area (Å²) in [5.74, 6) is -1.67. The molecule has 23 heavy (non-hydrogen) atoms. The van der Waals surface area contributed by atoms with Gasteiger partial charge in [-0.05, 0) is 12.1 Å². The number of nitrogens with one attached hydrogen (secondary N) is 1. The molecule has 0 aliphatic carbocycles. The number of methoxy groups -OCH3 is 1. The number of nitrogens with zero attached hydrogens (tertiary/aromatic N) is 2. The summed E-state index contributed by atoms with van der Waals surface area (Å²) in [5.41, 5.74) is 0.588. The van der Waals surface area contributed by atoms with Gasteiger partial charge in [-0.1, -0.05) is 6.07 Å². The summed E-state index contributed by atoms with van der Waals surface area (Å²) < 4.78 is 44.5. The summed E-state index contributed by atoms with van der Waals surface area (Å²) >= 11 is 0. The van der Waals surface area contributed by atoms with Crippen molar-refractivity contribution in [3.05, 3.63) is 59.4 Å². The first-order valence-electron chi connectivity index (χ1n) is 6.49. The monoisotopic (exact) mass is 339 g/mol. The molecular formula is C14H14FN3O4S. The molecule has 1 heterocycles. The van der Waals surface area contributed by atoms with Gasteiger partial charge in [0.05, 0.1) is 18.4 Å². The smallest absolute Gasteiger partial charge is 0.337 e. The number of halogens is 1. The third kappa shape index (κ3) is 4.80. The van der Waals surface area contributed by atoms with Crippen LogP contribution in [0.1, 0.15) is 21.5 Å². The van der Waals surface area contributed by atoms with E-state index >= 15 is 0 Å². The molecule has 122 valence electrons. The first-order valence-corrected chi connectivity index (χ1v) is 8.14. The molecule has 0 aliphatic heterocycles. The quantitative estimate of drug-likeness (QED) is 0.789. The van der Waals surface area contributed by atoms with Crippen LogP contribution in [0.5, 0.6) is 0 Å². The molecule has 1 aromatic carbocycles. The number of aromatic nitrogens is 2. The molecule has 1 aromatic heterocycles. The van der Waals surface area contributed by atoms with E-state index in [9.17, 15) is 17.6 Å². The highest BCUT2D eigenvalue weighted by atomic mass is 32.2. The van der Waals surface area contributed by atoms with Gasteiger partial charge in [0, 0.05) is 30.1 Å². The average molecular weight is 339 g/mol. The minimum atomic E-state index is -3.67. The van der Waals surface area contributed by atoms with E-state index < -0.39 is 21.8 Å². The summed E-state index contributed by atoms with van der Waals surface area (Å²) in [6, 6.07) is 3.69. The average Bonchev–Trinajstić information content (AvgIpc) is 2.53. The Balaban J connectivity index is 2.04. The molecule has 0 amide bonds. The molecule has 9 heteroatoms. The van der Waals surface area contributed by atoms with Gasteiger partial charge < -0.3 is 4.74 Å².